The lowest BCUT2D eigenvalue weighted by atomic mass is 9.96. The van der Waals surface area contributed by atoms with E-state index in [0.29, 0.717) is 6.54 Å². The Bertz CT molecular complexity index is 454. The SMILES string of the molecule is CC(C)(C)C(=O)NCCN1CCOC(c2ccccc2)C1. The van der Waals surface area contributed by atoms with Gasteiger partial charge in [0.25, 0.3) is 0 Å². The highest BCUT2D eigenvalue weighted by atomic mass is 16.5. The Labute approximate surface area is 127 Å². The van der Waals surface area contributed by atoms with Gasteiger partial charge in [-0.1, -0.05) is 51.1 Å². The molecule has 1 N–H and O–H groups in total. The summed E-state index contributed by atoms with van der Waals surface area (Å²) in [6.45, 7) is 9.91. The quantitative estimate of drug-likeness (QED) is 0.924. The summed E-state index contributed by atoms with van der Waals surface area (Å²) >= 11 is 0. The minimum atomic E-state index is -0.322. The lowest BCUT2D eigenvalue weighted by molar-refractivity contribution is -0.128. The van der Waals surface area contributed by atoms with Crippen molar-refractivity contribution in [3.05, 3.63) is 35.9 Å². The summed E-state index contributed by atoms with van der Waals surface area (Å²) in [6, 6.07) is 10.3. The van der Waals surface area contributed by atoms with E-state index in [2.05, 4.69) is 22.3 Å². The maximum atomic E-state index is 11.8. The summed E-state index contributed by atoms with van der Waals surface area (Å²) in [7, 11) is 0. The first-order chi connectivity index (χ1) is 9.97. The highest BCUT2D eigenvalue weighted by Gasteiger charge is 2.23. The fraction of sp³-hybridized carbons (Fsp3) is 0.588. The van der Waals surface area contributed by atoms with Crippen molar-refractivity contribution in [1.82, 2.24) is 10.2 Å². The first kappa shape index (κ1) is 16.0. The van der Waals surface area contributed by atoms with Crippen LogP contribution in [0.3, 0.4) is 0 Å². The number of nitrogens with zero attached hydrogens (tertiary/aromatic N) is 1. The molecule has 0 aliphatic carbocycles. The van der Waals surface area contributed by atoms with Crippen LogP contribution in [0.15, 0.2) is 30.3 Å². The van der Waals surface area contributed by atoms with Crippen LogP contribution in [0.25, 0.3) is 0 Å². The first-order valence-corrected chi connectivity index (χ1v) is 7.64. The van der Waals surface area contributed by atoms with Gasteiger partial charge in [-0.05, 0) is 5.56 Å². The molecule has 2 rings (SSSR count). The van der Waals surface area contributed by atoms with Gasteiger partial charge in [0.05, 0.1) is 12.7 Å². The number of carbonyl (C=O) groups is 1. The Morgan fingerprint density at radius 1 is 1.33 bits per heavy atom. The summed E-state index contributed by atoms with van der Waals surface area (Å²) in [6.07, 6.45) is 0.137. The van der Waals surface area contributed by atoms with E-state index in [-0.39, 0.29) is 17.4 Å². The number of ether oxygens (including phenoxy) is 1. The molecule has 1 fully saturated rings. The number of amides is 1. The van der Waals surface area contributed by atoms with Crippen molar-refractivity contribution in [2.24, 2.45) is 5.41 Å². The predicted molar refractivity (Wildman–Crippen MR) is 84.0 cm³/mol. The summed E-state index contributed by atoms with van der Waals surface area (Å²) < 4.78 is 5.85. The molecule has 1 heterocycles. The fourth-order valence-corrected chi connectivity index (χ4v) is 2.37. The van der Waals surface area contributed by atoms with E-state index in [1.54, 1.807) is 0 Å². The van der Waals surface area contributed by atoms with Crippen LogP contribution in [-0.2, 0) is 9.53 Å². The Morgan fingerprint density at radius 2 is 2.05 bits per heavy atom. The highest BCUT2D eigenvalue weighted by molar-refractivity contribution is 5.81. The maximum absolute atomic E-state index is 11.8. The molecule has 4 nitrogen and oxygen atoms in total. The summed E-state index contributed by atoms with van der Waals surface area (Å²) in [4.78, 5) is 14.2. The average Bonchev–Trinajstić information content (AvgIpc) is 2.47. The van der Waals surface area contributed by atoms with Gasteiger partial charge >= 0.3 is 0 Å². The van der Waals surface area contributed by atoms with Crippen LogP contribution >= 0.6 is 0 Å². The molecule has 4 heteroatoms. The lowest BCUT2D eigenvalue weighted by Crippen LogP contribution is -2.44. The van der Waals surface area contributed by atoms with Gasteiger partial charge < -0.3 is 10.1 Å². The number of rotatable bonds is 4. The van der Waals surface area contributed by atoms with Crippen LogP contribution in [-0.4, -0.2) is 43.6 Å². The van der Waals surface area contributed by atoms with Crippen molar-refractivity contribution in [2.75, 3.05) is 32.8 Å². The number of nitrogens with one attached hydrogen (secondary N) is 1. The number of carbonyl (C=O) groups excluding carboxylic acids is 1. The molecule has 1 saturated heterocycles. The van der Waals surface area contributed by atoms with Crippen molar-refractivity contribution in [3.8, 4) is 0 Å². The van der Waals surface area contributed by atoms with Gasteiger partial charge in [0, 0.05) is 31.6 Å². The van der Waals surface area contributed by atoms with Crippen LogP contribution in [0.5, 0.6) is 0 Å². The monoisotopic (exact) mass is 290 g/mol. The second-order valence-electron chi connectivity index (χ2n) is 6.58. The average molecular weight is 290 g/mol. The zero-order chi connectivity index (χ0) is 15.3. The predicted octanol–water partition coefficient (Wildman–Crippen LogP) is 2.22. The molecule has 0 aromatic heterocycles. The van der Waals surface area contributed by atoms with Gasteiger partial charge in [0.2, 0.25) is 5.91 Å². The Hall–Kier alpha value is -1.39. The van der Waals surface area contributed by atoms with Crippen molar-refractivity contribution in [1.29, 1.82) is 0 Å². The third-order valence-electron chi connectivity index (χ3n) is 3.72. The Kier molecular flexibility index (Phi) is 5.37. The van der Waals surface area contributed by atoms with Crippen LogP contribution in [0.4, 0.5) is 0 Å². The van der Waals surface area contributed by atoms with E-state index in [4.69, 9.17) is 4.74 Å². The van der Waals surface area contributed by atoms with Crippen molar-refractivity contribution >= 4 is 5.91 Å². The summed E-state index contributed by atoms with van der Waals surface area (Å²) in [5.74, 6) is 0.107. The second-order valence-corrected chi connectivity index (χ2v) is 6.58. The smallest absolute Gasteiger partial charge is 0.225 e. The van der Waals surface area contributed by atoms with Crippen molar-refractivity contribution in [3.63, 3.8) is 0 Å². The van der Waals surface area contributed by atoms with Crippen LogP contribution < -0.4 is 5.32 Å². The number of benzene rings is 1. The van der Waals surface area contributed by atoms with Crippen LogP contribution in [0, 0.1) is 5.41 Å². The topological polar surface area (TPSA) is 41.6 Å². The molecule has 1 aromatic carbocycles. The highest BCUT2D eigenvalue weighted by Crippen LogP contribution is 2.21. The molecule has 1 aliphatic rings. The fourth-order valence-electron chi connectivity index (χ4n) is 2.37. The molecule has 116 valence electrons. The number of morpholine rings is 1. The summed E-state index contributed by atoms with van der Waals surface area (Å²) in [5.41, 5.74) is 0.901. The van der Waals surface area contributed by atoms with Crippen molar-refractivity contribution < 1.29 is 9.53 Å². The van der Waals surface area contributed by atoms with E-state index in [0.717, 1.165) is 26.2 Å². The molecule has 0 spiro atoms. The third kappa shape index (κ3) is 4.83. The van der Waals surface area contributed by atoms with Gasteiger partial charge in [-0.2, -0.15) is 0 Å². The zero-order valence-corrected chi connectivity index (χ0v) is 13.3. The normalized spacial score (nSPS) is 20.2. The summed E-state index contributed by atoms with van der Waals surface area (Å²) in [5, 5.41) is 3.00. The number of hydrogen-bond acceptors (Lipinski definition) is 3. The maximum Gasteiger partial charge on any atom is 0.225 e. The largest absolute Gasteiger partial charge is 0.371 e. The molecule has 1 atom stereocenters. The standard InChI is InChI=1S/C17H26N2O2/c1-17(2,3)16(20)18-9-10-19-11-12-21-15(13-19)14-7-5-4-6-8-14/h4-8,15H,9-13H2,1-3H3,(H,18,20). The van der Waals surface area contributed by atoms with E-state index in [1.807, 2.05) is 39.0 Å². The van der Waals surface area contributed by atoms with Gasteiger partial charge in [-0.15, -0.1) is 0 Å². The molecule has 0 radical (unpaired) electrons. The van der Waals surface area contributed by atoms with Crippen LogP contribution in [0.1, 0.15) is 32.4 Å². The van der Waals surface area contributed by atoms with E-state index >= 15 is 0 Å². The van der Waals surface area contributed by atoms with E-state index < -0.39 is 0 Å². The molecular formula is C17H26N2O2. The molecule has 0 saturated carbocycles. The molecule has 1 aliphatic heterocycles. The van der Waals surface area contributed by atoms with Gasteiger partial charge in [0.1, 0.15) is 0 Å². The zero-order valence-electron chi connectivity index (χ0n) is 13.3. The van der Waals surface area contributed by atoms with E-state index in [9.17, 15) is 4.79 Å². The number of hydrogen-bond donors (Lipinski definition) is 1. The van der Waals surface area contributed by atoms with Crippen molar-refractivity contribution in [2.45, 2.75) is 26.9 Å². The second kappa shape index (κ2) is 7.05. The lowest BCUT2D eigenvalue weighted by Gasteiger charge is -2.33. The third-order valence-corrected chi connectivity index (χ3v) is 3.72. The molecule has 1 unspecified atom stereocenters. The minimum Gasteiger partial charge on any atom is -0.371 e. The molecule has 1 amide bonds. The Balaban J connectivity index is 1.78. The molecule has 0 bridgehead atoms. The first-order valence-electron chi connectivity index (χ1n) is 7.64. The van der Waals surface area contributed by atoms with Gasteiger partial charge in [-0.25, -0.2) is 0 Å². The van der Waals surface area contributed by atoms with Crippen LogP contribution in [0.2, 0.25) is 0 Å². The molecular weight excluding hydrogens is 264 g/mol. The molecule has 1 aromatic rings. The minimum absolute atomic E-state index is 0.107. The Morgan fingerprint density at radius 3 is 2.71 bits per heavy atom. The molecule has 21 heavy (non-hydrogen) atoms. The van der Waals surface area contributed by atoms with Gasteiger partial charge in [-0.3, -0.25) is 9.69 Å². The van der Waals surface area contributed by atoms with E-state index in [1.165, 1.54) is 5.56 Å². The van der Waals surface area contributed by atoms with Gasteiger partial charge in [0.15, 0.2) is 0 Å².